The number of halogens is 1. The van der Waals surface area contributed by atoms with Gasteiger partial charge in [0.15, 0.2) is 5.11 Å². The van der Waals surface area contributed by atoms with E-state index in [9.17, 15) is 9.18 Å². The maximum atomic E-state index is 13.1. The van der Waals surface area contributed by atoms with Crippen molar-refractivity contribution >= 4 is 40.7 Å². The van der Waals surface area contributed by atoms with Crippen LogP contribution in [0.1, 0.15) is 11.1 Å². The molecule has 0 heterocycles. The Hall–Kier alpha value is -2.12. The van der Waals surface area contributed by atoms with Crippen LogP contribution in [0.4, 0.5) is 10.1 Å². The van der Waals surface area contributed by atoms with Crippen molar-refractivity contribution in [3.05, 3.63) is 65.5 Å². The van der Waals surface area contributed by atoms with Gasteiger partial charge in [-0.3, -0.25) is 15.6 Å². The first-order valence-electron chi connectivity index (χ1n) is 7.28. The number of amides is 1. The number of hydrogen-bond donors (Lipinski definition) is 3. The molecule has 0 saturated heterocycles. The molecule has 4 nitrogen and oxygen atoms in total. The molecule has 2 rings (SSSR count). The van der Waals surface area contributed by atoms with Gasteiger partial charge in [0.05, 0.1) is 5.75 Å². The number of carbonyl (C=O) groups is 1. The Labute approximate surface area is 150 Å². The van der Waals surface area contributed by atoms with E-state index in [0.29, 0.717) is 11.4 Å². The van der Waals surface area contributed by atoms with Gasteiger partial charge in [-0.05, 0) is 48.5 Å². The molecule has 0 atom stereocenters. The van der Waals surface area contributed by atoms with E-state index in [1.165, 1.54) is 35.0 Å². The number of hydrazine groups is 1. The van der Waals surface area contributed by atoms with Crippen molar-refractivity contribution in [1.29, 1.82) is 0 Å². The molecule has 0 aliphatic rings. The lowest BCUT2D eigenvalue weighted by Gasteiger charge is -2.11. The van der Waals surface area contributed by atoms with E-state index >= 15 is 0 Å². The highest BCUT2D eigenvalue weighted by atomic mass is 32.2. The first-order valence-corrected chi connectivity index (χ1v) is 8.84. The quantitative estimate of drug-likeness (QED) is 0.562. The van der Waals surface area contributed by atoms with Gasteiger partial charge in [0.1, 0.15) is 5.82 Å². The highest BCUT2D eigenvalue weighted by Crippen LogP contribution is 2.15. The Kier molecular flexibility index (Phi) is 7.02. The molecule has 7 heteroatoms. The Morgan fingerprint density at radius 1 is 1.17 bits per heavy atom. The fourth-order valence-corrected chi connectivity index (χ4v) is 2.99. The Bertz CT molecular complexity index is 724. The summed E-state index contributed by atoms with van der Waals surface area (Å²) in [7, 11) is 0. The Morgan fingerprint density at radius 3 is 2.71 bits per heavy atom. The van der Waals surface area contributed by atoms with Crippen LogP contribution in [-0.4, -0.2) is 16.8 Å². The van der Waals surface area contributed by atoms with Crippen LogP contribution in [0, 0.1) is 12.7 Å². The molecule has 0 aliphatic heterocycles. The zero-order valence-electron chi connectivity index (χ0n) is 13.1. The lowest BCUT2D eigenvalue weighted by Crippen LogP contribution is -2.44. The lowest BCUT2D eigenvalue weighted by molar-refractivity contribution is -0.119. The van der Waals surface area contributed by atoms with Gasteiger partial charge in [-0.25, -0.2) is 4.39 Å². The van der Waals surface area contributed by atoms with Gasteiger partial charge in [0.2, 0.25) is 5.91 Å². The molecule has 2 aromatic rings. The molecule has 0 saturated carbocycles. The monoisotopic (exact) mass is 363 g/mol. The van der Waals surface area contributed by atoms with Gasteiger partial charge in [-0.2, -0.15) is 0 Å². The molecular weight excluding hydrogens is 345 g/mol. The lowest BCUT2D eigenvalue weighted by atomic mass is 10.1. The van der Waals surface area contributed by atoms with E-state index in [-0.39, 0.29) is 16.8 Å². The fourth-order valence-electron chi connectivity index (χ4n) is 1.92. The van der Waals surface area contributed by atoms with Crippen LogP contribution in [0.5, 0.6) is 0 Å². The molecule has 0 aromatic heterocycles. The summed E-state index contributed by atoms with van der Waals surface area (Å²) in [5.74, 6) is 0.534. The third-order valence-electron chi connectivity index (χ3n) is 3.15. The highest BCUT2D eigenvalue weighted by Gasteiger charge is 2.04. The third kappa shape index (κ3) is 6.17. The van der Waals surface area contributed by atoms with Gasteiger partial charge >= 0.3 is 0 Å². The van der Waals surface area contributed by atoms with Crippen LogP contribution in [0.3, 0.4) is 0 Å². The van der Waals surface area contributed by atoms with Crippen molar-refractivity contribution in [2.24, 2.45) is 0 Å². The summed E-state index contributed by atoms with van der Waals surface area (Å²) in [6.07, 6.45) is 0. The maximum absolute atomic E-state index is 13.1. The number of anilines is 1. The third-order valence-corrected chi connectivity index (χ3v) is 4.34. The molecule has 0 fully saturated rings. The van der Waals surface area contributed by atoms with Gasteiger partial charge in [0.25, 0.3) is 0 Å². The van der Waals surface area contributed by atoms with E-state index < -0.39 is 0 Å². The van der Waals surface area contributed by atoms with Crippen molar-refractivity contribution < 1.29 is 9.18 Å². The molecule has 3 N–H and O–H groups in total. The summed E-state index contributed by atoms with van der Waals surface area (Å²) >= 11 is 6.56. The number of nitrogens with one attached hydrogen (secondary N) is 3. The number of thioether (sulfide) groups is 1. The fraction of sp³-hybridized carbons (Fsp3) is 0.176. The number of benzene rings is 2. The number of aryl methyl sites for hydroxylation is 1. The van der Waals surface area contributed by atoms with Crippen molar-refractivity contribution in [3.63, 3.8) is 0 Å². The minimum absolute atomic E-state index is 0.183. The van der Waals surface area contributed by atoms with E-state index in [0.717, 1.165) is 5.75 Å². The van der Waals surface area contributed by atoms with Gasteiger partial charge < -0.3 is 5.32 Å². The second-order valence-electron chi connectivity index (χ2n) is 5.06. The minimum atomic E-state index is -0.362. The van der Waals surface area contributed by atoms with Crippen LogP contribution in [-0.2, 0) is 10.5 Å². The SMILES string of the molecule is Cc1ccccc1CSCC(=O)NNC(=S)Nc1cccc(F)c1. The molecule has 1 amide bonds. The summed E-state index contributed by atoms with van der Waals surface area (Å²) in [5.41, 5.74) is 8.04. The summed E-state index contributed by atoms with van der Waals surface area (Å²) in [6, 6.07) is 14.0. The van der Waals surface area contributed by atoms with Crippen LogP contribution in [0.15, 0.2) is 48.5 Å². The summed E-state index contributed by atoms with van der Waals surface area (Å²) in [5, 5.41) is 2.98. The van der Waals surface area contributed by atoms with E-state index in [2.05, 4.69) is 22.2 Å². The second kappa shape index (κ2) is 9.24. The maximum Gasteiger partial charge on any atom is 0.248 e. The van der Waals surface area contributed by atoms with Crippen molar-refractivity contribution in [2.45, 2.75) is 12.7 Å². The zero-order valence-corrected chi connectivity index (χ0v) is 14.8. The normalized spacial score (nSPS) is 10.1. The average molecular weight is 363 g/mol. The molecular formula is C17H18FN3OS2. The molecule has 0 bridgehead atoms. The van der Waals surface area contributed by atoms with Crippen molar-refractivity contribution in [3.8, 4) is 0 Å². The van der Waals surface area contributed by atoms with Gasteiger partial charge in [-0.15, -0.1) is 11.8 Å². The molecule has 2 aromatic carbocycles. The van der Waals surface area contributed by atoms with Crippen molar-refractivity contribution in [1.82, 2.24) is 10.9 Å². The predicted molar refractivity (Wildman–Crippen MR) is 101 cm³/mol. The second-order valence-corrected chi connectivity index (χ2v) is 6.45. The number of carbonyl (C=O) groups excluding carboxylic acids is 1. The van der Waals surface area contributed by atoms with Gasteiger partial charge in [-0.1, -0.05) is 30.3 Å². The average Bonchev–Trinajstić information content (AvgIpc) is 2.55. The Balaban J connectivity index is 1.67. The number of hydrogen-bond acceptors (Lipinski definition) is 3. The van der Waals surface area contributed by atoms with E-state index in [1.54, 1.807) is 12.1 Å². The largest absolute Gasteiger partial charge is 0.331 e. The van der Waals surface area contributed by atoms with Gasteiger partial charge in [0, 0.05) is 11.4 Å². The van der Waals surface area contributed by atoms with Crippen LogP contribution < -0.4 is 16.2 Å². The topological polar surface area (TPSA) is 53.2 Å². The molecule has 0 aliphatic carbocycles. The van der Waals surface area contributed by atoms with E-state index in [4.69, 9.17) is 12.2 Å². The van der Waals surface area contributed by atoms with Crippen molar-refractivity contribution in [2.75, 3.05) is 11.1 Å². The summed E-state index contributed by atoms with van der Waals surface area (Å²) in [6.45, 7) is 2.05. The molecule has 126 valence electrons. The zero-order chi connectivity index (χ0) is 17.4. The highest BCUT2D eigenvalue weighted by molar-refractivity contribution is 7.99. The molecule has 0 unspecified atom stereocenters. The summed E-state index contributed by atoms with van der Waals surface area (Å²) < 4.78 is 13.1. The van der Waals surface area contributed by atoms with E-state index in [1.807, 2.05) is 25.1 Å². The van der Waals surface area contributed by atoms with Crippen LogP contribution >= 0.6 is 24.0 Å². The predicted octanol–water partition coefficient (Wildman–Crippen LogP) is 3.39. The summed E-state index contributed by atoms with van der Waals surface area (Å²) in [4.78, 5) is 11.8. The number of rotatable bonds is 5. The number of thiocarbonyl (C=S) groups is 1. The Morgan fingerprint density at radius 2 is 1.96 bits per heavy atom. The van der Waals surface area contributed by atoms with Crippen LogP contribution in [0.25, 0.3) is 0 Å². The first kappa shape index (κ1) is 18.2. The van der Waals surface area contributed by atoms with Crippen LogP contribution in [0.2, 0.25) is 0 Å². The standard InChI is InChI=1S/C17H18FN3OS2/c1-12-5-2-3-6-13(12)10-24-11-16(22)20-21-17(23)19-15-8-4-7-14(18)9-15/h2-9H,10-11H2,1H3,(H,20,22)(H2,19,21,23). The molecule has 0 radical (unpaired) electrons. The first-order chi connectivity index (χ1) is 11.5. The minimum Gasteiger partial charge on any atom is -0.331 e. The smallest absolute Gasteiger partial charge is 0.248 e. The molecule has 24 heavy (non-hydrogen) atoms. The molecule has 0 spiro atoms.